The summed E-state index contributed by atoms with van der Waals surface area (Å²) < 4.78 is 49.3. The van der Waals surface area contributed by atoms with Crippen molar-refractivity contribution < 1.29 is 32.9 Å². The van der Waals surface area contributed by atoms with E-state index in [0.717, 1.165) is 71.6 Å². The van der Waals surface area contributed by atoms with Crippen LogP contribution in [0.4, 0.5) is 15.0 Å². The number of fused-ring (bicyclic) bond motifs is 2. The minimum Gasteiger partial charge on any atom is -0.483 e. The van der Waals surface area contributed by atoms with E-state index in [1.54, 1.807) is 18.1 Å². The predicted molar refractivity (Wildman–Crippen MR) is 226 cm³/mol. The van der Waals surface area contributed by atoms with Crippen molar-refractivity contribution in [3.05, 3.63) is 71.2 Å². The largest absolute Gasteiger partial charge is 0.483 e. The van der Waals surface area contributed by atoms with Crippen LogP contribution in [-0.2, 0) is 14.2 Å². The number of likely N-dealkylation sites (N-methyl/N-ethyl adjacent to an activating group) is 1. The van der Waals surface area contributed by atoms with Gasteiger partial charge in [0.15, 0.2) is 12.0 Å². The number of rotatable bonds is 12. The van der Waals surface area contributed by atoms with E-state index in [1.807, 2.05) is 89.8 Å². The summed E-state index contributed by atoms with van der Waals surface area (Å²) in [5, 5.41) is 6.45. The summed E-state index contributed by atoms with van der Waals surface area (Å²) in [7, 11) is 3.64. The van der Waals surface area contributed by atoms with Crippen LogP contribution in [0.2, 0.25) is 0 Å². The van der Waals surface area contributed by atoms with E-state index in [9.17, 15) is 4.79 Å². The number of carbonyl (C=O) groups is 1. The molecule has 1 aliphatic carbocycles. The number of halogens is 1. The van der Waals surface area contributed by atoms with E-state index in [1.165, 1.54) is 0 Å². The Morgan fingerprint density at radius 3 is 2.51 bits per heavy atom. The zero-order valence-electron chi connectivity index (χ0n) is 35.6. The van der Waals surface area contributed by atoms with Crippen molar-refractivity contribution in [1.82, 2.24) is 24.6 Å². The molecule has 3 fully saturated rings. The molecule has 1 amide bonds. The van der Waals surface area contributed by atoms with Gasteiger partial charge >= 0.3 is 12.1 Å². The minimum absolute atomic E-state index is 0.0686. The lowest BCUT2D eigenvalue weighted by Crippen LogP contribution is -2.39. The zero-order valence-corrected chi connectivity index (χ0v) is 35.6. The number of nitrogens with zero attached hydrogens (tertiary/aromatic N) is 6. The summed E-state index contributed by atoms with van der Waals surface area (Å²) in [5.41, 5.74) is 4.69. The van der Waals surface area contributed by atoms with Crippen LogP contribution in [0.3, 0.4) is 0 Å². The van der Waals surface area contributed by atoms with Crippen molar-refractivity contribution >= 4 is 33.7 Å². The number of aromatic nitrogens is 4. The van der Waals surface area contributed by atoms with E-state index >= 15 is 4.39 Å². The third-order valence-electron chi connectivity index (χ3n) is 11.8. The smallest absolute Gasteiger partial charge is 0.410 e. The second kappa shape index (κ2) is 16.6. The summed E-state index contributed by atoms with van der Waals surface area (Å²) in [4.78, 5) is 27.3. The van der Waals surface area contributed by atoms with Gasteiger partial charge in [0.25, 0.3) is 0 Å². The fraction of sp³-hybridized carbons (Fsp3) is 0.522. The number of benzene rings is 3. The fourth-order valence-electron chi connectivity index (χ4n) is 8.32. The number of hydrogen-bond donors (Lipinski definition) is 0. The molecule has 0 radical (unpaired) electrons. The van der Waals surface area contributed by atoms with E-state index in [-0.39, 0.29) is 48.8 Å². The minimum atomic E-state index is -0.604. The maximum absolute atomic E-state index is 16.5. The number of likely N-dealkylation sites (tertiary alicyclic amines) is 1. The van der Waals surface area contributed by atoms with Gasteiger partial charge in [-0.1, -0.05) is 30.3 Å². The molecule has 8 rings (SSSR count). The molecule has 3 aliphatic rings. The molecule has 13 heteroatoms. The van der Waals surface area contributed by atoms with Crippen molar-refractivity contribution in [2.24, 2.45) is 0 Å². The molecule has 12 nitrogen and oxygen atoms in total. The lowest BCUT2D eigenvalue weighted by atomic mass is 9.88. The maximum Gasteiger partial charge on any atom is 0.410 e. The molecule has 1 unspecified atom stereocenters. The Bertz CT molecular complexity index is 2320. The summed E-state index contributed by atoms with van der Waals surface area (Å²) in [6.45, 7) is 13.3. The molecule has 2 aliphatic heterocycles. The summed E-state index contributed by atoms with van der Waals surface area (Å²) in [6, 6.07) is 13.9. The molecule has 3 aromatic carbocycles. The number of methoxy groups -OCH3 is 1. The molecular formula is C46H57FN6O6. The Labute approximate surface area is 345 Å². The second-order valence-corrected chi connectivity index (χ2v) is 17.4. The lowest BCUT2D eigenvalue weighted by molar-refractivity contribution is -0.0366. The highest BCUT2D eigenvalue weighted by Gasteiger charge is 2.37. The van der Waals surface area contributed by atoms with E-state index in [2.05, 4.69) is 11.0 Å². The first-order valence-corrected chi connectivity index (χ1v) is 21.1. The molecule has 0 bridgehead atoms. The first-order valence-electron chi connectivity index (χ1n) is 21.1. The summed E-state index contributed by atoms with van der Waals surface area (Å²) in [5.74, 6) is 1.07. The van der Waals surface area contributed by atoms with Crippen LogP contribution in [0.1, 0.15) is 108 Å². The Hall–Kier alpha value is -5.01. The van der Waals surface area contributed by atoms with E-state index < -0.39 is 11.7 Å². The SMILES string of the molecule is CO[C@@H](C)COc1nc(N(C)[C@H]2CCN(C(=O)OC(C)(C)C)C2)c2cc(C3CC3)c(-c3c(C)c(F)cc4c3cnn4C3CCCCO3)c(O[C@@H](C)c3ccccc3)c2n1. The van der Waals surface area contributed by atoms with Gasteiger partial charge in [0.1, 0.15) is 35.5 Å². The summed E-state index contributed by atoms with van der Waals surface area (Å²) >= 11 is 0. The molecule has 1 saturated carbocycles. The topological polar surface area (TPSA) is 113 Å². The van der Waals surface area contributed by atoms with Crippen molar-refractivity contribution in [1.29, 1.82) is 0 Å². The highest BCUT2D eigenvalue weighted by molar-refractivity contribution is 6.06. The lowest BCUT2D eigenvalue weighted by Gasteiger charge is -2.29. The van der Waals surface area contributed by atoms with E-state index in [0.29, 0.717) is 47.9 Å². The molecule has 4 atom stereocenters. The van der Waals surface area contributed by atoms with Crippen LogP contribution in [0, 0.1) is 12.7 Å². The molecule has 2 aromatic heterocycles. The van der Waals surface area contributed by atoms with Gasteiger partial charge in [-0.25, -0.2) is 13.9 Å². The maximum atomic E-state index is 16.5. The fourth-order valence-corrected chi connectivity index (χ4v) is 8.32. The van der Waals surface area contributed by atoms with Gasteiger partial charge in [-0.3, -0.25) is 0 Å². The Morgan fingerprint density at radius 1 is 1.03 bits per heavy atom. The van der Waals surface area contributed by atoms with Gasteiger partial charge in [0.05, 0.1) is 17.8 Å². The number of carbonyl (C=O) groups excluding carboxylic acids is 1. The van der Waals surface area contributed by atoms with Crippen LogP contribution in [0.5, 0.6) is 11.8 Å². The second-order valence-electron chi connectivity index (χ2n) is 17.4. The van der Waals surface area contributed by atoms with Crippen LogP contribution in [-0.4, -0.2) is 88.9 Å². The third-order valence-corrected chi connectivity index (χ3v) is 11.8. The third kappa shape index (κ3) is 8.41. The molecule has 0 spiro atoms. The highest BCUT2D eigenvalue weighted by Crippen LogP contribution is 2.54. The van der Waals surface area contributed by atoms with Crippen LogP contribution < -0.4 is 14.4 Å². The Balaban J connectivity index is 1.36. The normalized spacial score (nSPS) is 19.6. The molecule has 5 aromatic rings. The molecule has 0 N–H and O–H groups in total. The zero-order chi connectivity index (χ0) is 41.6. The van der Waals surface area contributed by atoms with Gasteiger partial charge < -0.3 is 33.5 Å². The molecule has 4 heterocycles. The van der Waals surface area contributed by atoms with Gasteiger partial charge in [-0.2, -0.15) is 15.1 Å². The highest BCUT2D eigenvalue weighted by atomic mass is 19.1. The van der Waals surface area contributed by atoms with Gasteiger partial charge in [0.2, 0.25) is 0 Å². The van der Waals surface area contributed by atoms with Crippen molar-refractivity contribution in [2.45, 2.75) is 116 Å². The van der Waals surface area contributed by atoms with Crippen LogP contribution in [0.25, 0.3) is 32.9 Å². The Morgan fingerprint density at radius 2 is 1.81 bits per heavy atom. The standard InChI is InChI=1S/C46H57FN6O6/c1-27(55-8)26-57-44-49-41-34(43(50-44)51(7)32-19-20-52(25-32)45(54)59-46(4,5)6)22-33(31-17-18-31)40(42(41)58-29(3)30-14-10-9-11-15-30)39-28(2)36(47)23-37-35(39)24-48-53(37)38-16-12-13-21-56-38/h9-11,14-15,22-24,27,29,31-32,38H,12-13,16-21,25-26H2,1-8H3/t27-,29-,32-,38?/m0/s1. The number of amides is 1. The predicted octanol–water partition coefficient (Wildman–Crippen LogP) is 9.67. The van der Waals surface area contributed by atoms with Crippen molar-refractivity contribution in [3.8, 4) is 22.9 Å². The number of ether oxygens (including phenoxy) is 5. The van der Waals surface area contributed by atoms with Gasteiger partial charge in [-0.15, -0.1) is 0 Å². The molecule has 314 valence electrons. The Kier molecular flexibility index (Phi) is 11.4. The van der Waals surface area contributed by atoms with Crippen LogP contribution >= 0.6 is 0 Å². The van der Waals surface area contributed by atoms with E-state index in [4.69, 9.17) is 38.8 Å². The average molecular weight is 809 g/mol. The molecule has 2 saturated heterocycles. The molecular weight excluding hydrogens is 752 g/mol. The first kappa shape index (κ1) is 40.8. The average Bonchev–Trinajstić information content (AvgIpc) is 3.80. The first-order chi connectivity index (χ1) is 28.3. The quantitative estimate of drug-likeness (QED) is 0.121. The van der Waals surface area contributed by atoms with Crippen molar-refractivity contribution in [3.63, 3.8) is 0 Å². The van der Waals surface area contributed by atoms with Gasteiger partial charge in [-0.05, 0) is 109 Å². The number of hydrogen-bond acceptors (Lipinski definition) is 10. The van der Waals surface area contributed by atoms with Crippen molar-refractivity contribution in [2.75, 3.05) is 45.4 Å². The monoisotopic (exact) mass is 808 g/mol. The molecule has 59 heavy (non-hydrogen) atoms. The summed E-state index contributed by atoms with van der Waals surface area (Å²) in [6.07, 6.45) is 6.11. The van der Waals surface area contributed by atoms with Gasteiger partial charge in [0, 0.05) is 67.9 Å². The van der Waals surface area contributed by atoms with Crippen LogP contribution in [0.15, 0.2) is 48.7 Å². The number of anilines is 1.